The van der Waals surface area contributed by atoms with Crippen LogP contribution in [0.4, 0.5) is 5.69 Å². The third-order valence-electron chi connectivity index (χ3n) is 3.39. The quantitative estimate of drug-likeness (QED) is 0.383. The average Bonchev–Trinajstić information content (AvgIpc) is 2.60. The number of benzene rings is 2. The van der Waals surface area contributed by atoms with Crippen LogP contribution in [0.5, 0.6) is 5.75 Å². The van der Waals surface area contributed by atoms with E-state index in [0.29, 0.717) is 16.9 Å². The zero-order valence-electron chi connectivity index (χ0n) is 12.4. The topological polar surface area (TPSA) is 89.7 Å². The lowest BCUT2D eigenvalue weighted by atomic mass is 9.95. The molecule has 1 atom stereocenters. The second kappa shape index (κ2) is 6.85. The highest BCUT2D eigenvalue weighted by Crippen LogP contribution is 2.25. The molecule has 0 radical (unpaired) electrons. The summed E-state index contributed by atoms with van der Waals surface area (Å²) in [6.07, 6.45) is -1.23. The van der Waals surface area contributed by atoms with E-state index in [9.17, 15) is 20.0 Å². The van der Waals surface area contributed by atoms with E-state index < -0.39 is 16.8 Å². The molecule has 0 bridgehead atoms. The largest absolute Gasteiger partial charge is 0.497 e. The molecule has 6 nitrogen and oxygen atoms in total. The molecule has 0 aliphatic carbocycles. The van der Waals surface area contributed by atoms with Gasteiger partial charge in [0.1, 0.15) is 11.9 Å². The zero-order chi connectivity index (χ0) is 17.0. The first-order valence-corrected chi connectivity index (χ1v) is 6.74. The maximum atomic E-state index is 12.3. The molecule has 118 valence electrons. The number of rotatable bonds is 6. The van der Waals surface area contributed by atoms with Crippen molar-refractivity contribution < 1.29 is 19.6 Å². The maximum absolute atomic E-state index is 12.3. The van der Waals surface area contributed by atoms with Crippen molar-refractivity contribution >= 4 is 11.5 Å². The minimum atomic E-state index is -1.23. The highest BCUT2D eigenvalue weighted by molar-refractivity contribution is 6.09. The molecule has 0 spiro atoms. The highest BCUT2D eigenvalue weighted by Gasteiger charge is 2.20. The number of hydrogen-bond acceptors (Lipinski definition) is 5. The van der Waals surface area contributed by atoms with Crippen LogP contribution in [0.1, 0.15) is 22.0 Å². The fourth-order valence-electron chi connectivity index (χ4n) is 2.03. The van der Waals surface area contributed by atoms with Crippen LogP contribution in [0.2, 0.25) is 0 Å². The van der Waals surface area contributed by atoms with Crippen LogP contribution < -0.4 is 4.74 Å². The Labute approximate surface area is 132 Å². The molecule has 2 aromatic rings. The Hall–Kier alpha value is -2.99. The SMILES string of the molecule is C=C(C(=O)c1ccc(OC)cc1)C(O)c1ccc([N+](=O)[O-])cc1. The molecule has 0 aliphatic heterocycles. The number of carbonyl (C=O) groups excluding carboxylic acids is 1. The van der Waals surface area contributed by atoms with Gasteiger partial charge in [-0.3, -0.25) is 14.9 Å². The van der Waals surface area contributed by atoms with Crippen LogP contribution in [-0.2, 0) is 0 Å². The molecule has 1 N–H and O–H groups in total. The van der Waals surface area contributed by atoms with Crippen molar-refractivity contribution in [3.63, 3.8) is 0 Å². The van der Waals surface area contributed by atoms with E-state index in [4.69, 9.17) is 4.74 Å². The lowest BCUT2D eigenvalue weighted by Crippen LogP contribution is -2.11. The number of Topliss-reactive ketones (excluding diaryl/α,β-unsaturated/α-hetero) is 1. The number of aliphatic hydroxyl groups excluding tert-OH is 1. The van der Waals surface area contributed by atoms with Gasteiger partial charge in [0.05, 0.1) is 12.0 Å². The van der Waals surface area contributed by atoms with Crippen molar-refractivity contribution in [2.75, 3.05) is 7.11 Å². The number of nitro benzene ring substituents is 1. The van der Waals surface area contributed by atoms with E-state index >= 15 is 0 Å². The van der Waals surface area contributed by atoms with Crippen LogP contribution in [0.15, 0.2) is 60.7 Å². The summed E-state index contributed by atoms with van der Waals surface area (Å²) in [5, 5.41) is 20.9. The Morgan fingerprint density at radius 3 is 2.22 bits per heavy atom. The molecule has 23 heavy (non-hydrogen) atoms. The van der Waals surface area contributed by atoms with Crippen molar-refractivity contribution in [2.45, 2.75) is 6.10 Å². The van der Waals surface area contributed by atoms with Gasteiger partial charge in [-0.25, -0.2) is 0 Å². The minimum absolute atomic E-state index is 0.0102. The molecule has 0 aromatic heterocycles. The summed E-state index contributed by atoms with van der Waals surface area (Å²) in [4.78, 5) is 22.4. The Bertz CT molecular complexity index is 735. The van der Waals surface area contributed by atoms with E-state index in [1.54, 1.807) is 24.3 Å². The van der Waals surface area contributed by atoms with Crippen molar-refractivity contribution in [1.82, 2.24) is 0 Å². The summed E-state index contributed by atoms with van der Waals surface area (Å²) in [5.41, 5.74) is 0.635. The van der Waals surface area contributed by atoms with Crippen molar-refractivity contribution in [1.29, 1.82) is 0 Å². The first kappa shape index (κ1) is 16.4. The van der Waals surface area contributed by atoms with E-state index in [-0.39, 0.29) is 11.3 Å². The summed E-state index contributed by atoms with van der Waals surface area (Å²) < 4.78 is 5.02. The van der Waals surface area contributed by atoms with E-state index in [2.05, 4.69) is 6.58 Å². The number of ether oxygens (including phenoxy) is 1. The molecule has 0 fully saturated rings. The number of aliphatic hydroxyl groups is 1. The first-order chi connectivity index (χ1) is 10.9. The van der Waals surface area contributed by atoms with Gasteiger partial charge in [-0.2, -0.15) is 0 Å². The van der Waals surface area contributed by atoms with Crippen molar-refractivity contribution in [3.05, 3.63) is 81.9 Å². The summed E-state index contributed by atoms with van der Waals surface area (Å²) in [6, 6.07) is 11.8. The Morgan fingerprint density at radius 1 is 1.17 bits per heavy atom. The van der Waals surface area contributed by atoms with Crippen LogP contribution in [-0.4, -0.2) is 22.9 Å². The minimum Gasteiger partial charge on any atom is -0.497 e. The molecule has 2 aromatic carbocycles. The van der Waals surface area contributed by atoms with Gasteiger partial charge < -0.3 is 9.84 Å². The molecule has 6 heteroatoms. The third kappa shape index (κ3) is 3.61. The Morgan fingerprint density at radius 2 is 1.74 bits per heavy atom. The second-order valence-electron chi connectivity index (χ2n) is 4.83. The molecule has 0 amide bonds. The number of hydrogen-bond donors (Lipinski definition) is 1. The Balaban J connectivity index is 2.17. The summed E-state index contributed by atoms with van der Waals surface area (Å²) in [5.74, 6) is 0.210. The molecular formula is C17H15NO5. The monoisotopic (exact) mass is 313 g/mol. The average molecular weight is 313 g/mol. The number of nitro groups is 1. The van der Waals surface area contributed by atoms with Gasteiger partial charge in [0.25, 0.3) is 5.69 Å². The maximum Gasteiger partial charge on any atom is 0.269 e. The van der Waals surface area contributed by atoms with E-state index in [1.165, 1.54) is 31.4 Å². The third-order valence-corrected chi connectivity index (χ3v) is 3.39. The highest BCUT2D eigenvalue weighted by atomic mass is 16.6. The smallest absolute Gasteiger partial charge is 0.269 e. The first-order valence-electron chi connectivity index (χ1n) is 6.74. The predicted molar refractivity (Wildman–Crippen MR) is 84.5 cm³/mol. The van der Waals surface area contributed by atoms with E-state index in [1.807, 2.05) is 0 Å². The van der Waals surface area contributed by atoms with Crippen LogP contribution in [0.3, 0.4) is 0 Å². The van der Waals surface area contributed by atoms with Crippen molar-refractivity contribution in [2.24, 2.45) is 0 Å². The summed E-state index contributed by atoms with van der Waals surface area (Å²) in [6.45, 7) is 3.64. The van der Waals surface area contributed by atoms with Crippen LogP contribution >= 0.6 is 0 Å². The fraction of sp³-hybridized carbons (Fsp3) is 0.118. The lowest BCUT2D eigenvalue weighted by Gasteiger charge is -2.13. The number of nitrogens with zero attached hydrogens (tertiary/aromatic N) is 1. The lowest BCUT2D eigenvalue weighted by molar-refractivity contribution is -0.384. The van der Waals surface area contributed by atoms with E-state index in [0.717, 1.165) is 0 Å². The normalized spacial score (nSPS) is 11.6. The van der Waals surface area contributed by atoms with Gasteiger partial charge >= 0.3 is 0 Å². The van der Waals surface area contributed by atoms with Crippen molar-refractivity contribution in [3.8, 4) is 5.75 Å². The molecular weight excluding hydrogens is 298 g/mol. The van der Waals surface area contributed by atoms with Gasteiger partial charge in [-0.1, -0.05) is 6.58 Å². The molecule has 2 rings (SSSR count). The van der Waals surface area contributed by atoms with Crippen LogP contribution in [0, 0.1) is 10.1 Å². The number of ketones is 1. The zero-order valence-corrected chi connectivity index (χ0v) is 12.4. The molecule has 0 saturated heterocycles. The van der Waals surface area contributed by atoms with Gasteiger partial charge in [-0.05, 0) is 42.0 Å². The number of carbonyl (C=O) groups is 1. The standard InChI is InChI=1S/C17H15NO5/c1-11(17(20)13-5-9-15(23-2)10-6-13)16(19)12-3-7-14(8-4-12)18(21)22/h3-10,16,19H,1H2,2H3. The summed E-state index contributed by atoms with van der Waals surface area (Å²) in [7, 11) is 1.52. The van der Waals surface area contributed by atoms with Gasteiger partial charge in [-0.15, -0.1) is 0 Å². The molecule has 0 heterocycles. The number of non-ortho nitro benzene ring substituents is 1. The molecule has 0 saturated carbocycles. The predicted octanol–water partition coefficient (Wildman–Crippen LogP) is 3.08. The molecule has 1 unspecified atom stereocenters. The number of methoxy groups -OCH3 is 1. The Kier molecular flexibility index (Phi) is 4.88. The summed E-state index contributed by atoms with van der Waals surface area (Å²) >= 11 is 0. The van der Waals surface area contributed by atoms with Crippen LogP contribution in [0.25, 0.3) is 0 Å². The fourth-order valence-corrected chi connectivity index (χ4v) is 2.03. The van der Waals surface area contributed by atoms with Gasteiger partial charge in [0, 0.05) is 23.3 Å². The second-order valence-corrected chi connectivity index (χ2v) is 4.83. The van der Waals surface area contributed by atoms with Gasteiger partial charge in [0.15, 0.2) is 5.78 Å². The van der Waals surface area contributed by atoms with Gasteiger partial charge in [0.2, 0.25) is 0 Å². The molecule has 0 aliphatic rings.